The molecule has 1 aliphatic heterocycles. The molecule has 2 N–H and O–H groups in total. The maximum Gasteiger partial charge on any atom is 0.226 e. The first kappa shape index (κ1) is 14.5. The molecule has 0 aromatic heterocycles. The molecule has 17 heavy (non-hydrogen) atoms. The Labute approximate surface area is 110 Å². The van der Waals surface area contributed by atoms with Gasteiger partial charge >= 0.3 is 0 Å². The first-order valence-electron chi connectivity index (χ1n) is 6.44. The van der Waals surface area contributed by atoms with E-state index in [1.165, 1.54) is 12.0 Å². The minimum Gasteiger partial charge on any atom is -0.352 e. The summed E-state index contributed by atoms with van der Waals surface area (Å²) < 4.78 is 0. The lowest BCUT2D eigenvalue weighted by Crippen LogP contribution is -2.46. The maximum absolute atomic E-state index is 12.1. The second-order valence-electron chi connectivity index (χ2n) is 4.99. The van der Waals surface area contributed by atoms with Crippen molar-refractivity contribution in [2.24, 2.45) is 5.41 Å². The summed E-state index contributed by atoms with van der Waals surface area (Å²) in [5.74, 6) is 0.278. The summed E-state index contributed by atoms with van der Waals surface area (Å²) in [6, 6.07) is 0. The molecule has 0 bridgehead atoms. The molecule has 98 valence electrons. The number of carbonyl (C=O) groups is 1. The fraction of sp³-hybridized carbons (Fsp3) is 0.769. The first-order valence-corrected chi connectivity index (χ1v) is 6.44. The van der Waals surface area contributed by atoms with Gasteiger partial charge in [0.25, 0.3) is 0 Å². The van der Waals surface area contributed by atoms with Gasteiger partial charge < -0.3 is 10.6 Å². The van der Waals surface area contributed by atoms with Gasteiger partial charge in [0.15, 0.2) is 0 Å². The van der Waals surface area contributed by atoms with E-state index in [0.717, 1.165) is 45.3 Å². The van der Waals surface area contributed by atoms with Gasteiger partial charge in [-0.15, -0.1) is 12.4 Å². The molecule has 0 radical (unpaired) electrons. The Hall–Kier alpha value is -0.540. The zero-order chi connectivity index (χ0) is 11.4. The summed E-state index contributed by atoms with van der Waals surface area (Å²) in [5, 5.41) is 6.39. The van der Waals surface area contributed by atoms with Crippen molar-refractivity contribution in [2.45, 2.75) is 39.0 Å². The van der Waals surface area contributed by atoms with E-state index >= 15 is 0 Å². The molecule has 0 spiro atoms. The summed E-state index contributed by atoms with van der Waals surface area (Å²) in [7, 11) is 0. The second kappa shape index (κ2) is 6.41. The van der Waals surface area contributed by atoms with E-state index in [0.29, 0.717) is 0 Å². The van der Waals surface area contributed by atoms with Crippen LogP contribution in [0.15, 0.2) is 11.6 Å². The normalized spacial score (nSPS) is 21.8. The predicted molar refractivity (Wildman–Crippen MR) is 72.4 cm³/mol. The number of nitrogens with one attached hydrogen (secondary N) is 2. The lowest BCUT2D eigenvalue weighted by molar-refractivity contribution is -0.136. The number of hydrogen-bond donors (Lipinski definition) is 2. The topological polar surface area (TPSA) is 41.1 Å². The van der Waals surface area contributed by atoms with E-state index in [2.05, 4.69) is 23.6 Å². The zero-order valence-corrected chi connectivity index (χ0v) is 11.4. The molecule has 0 aromatic carbocycles. The van der Waals surface area contributed by atoms with Crippen LogP contribution in [0.4, 0.5) is 0 Å². The lowest BCUT2D eigenvalue weighted by Gasteiger charge is -2.39. The van der Waals surface area contributed by atoms with E-state index in [1.54, 1.807) is 0 Å². The van der Waals surface area contributed by atoms with Crippen LogP contribution in [0.5, 0.6) is 0 Å². The molecule has 2 rings (SSSR count). The van der Waals surface area contributed by atoms with Crippen molar-refractivity contribution in [1.82, 2.24) is 10.6 Å². The largest absolute Gasteiger partial charge is 0.352 e. The maximum atomic E-state index is 12.1. The van der Waals surface area contributed by atoms with Crippen molar-refractivity contribution >= 4 is 18.3 Å². The smallest absolute Gasteiger partial charge is 0.226 e. The zero-order valence-electron chi connectivity index (χ0n) is 10.6. The third-order valence-electron chi connectivity index (χ3n) is 4.10. The van der Waals surface area contributed by atoms with Crippen molar-refractivity contribution in [3.05, 3.63) is 11.6 Å². The highest BCUT2D eigenvalue weighted by Crippen LogP contribution is 2.43. The Bertz CT molecular complexity index is 292. The van der Waals surface area contributed by atoms with Crippen molar-refractivity contribution in [3.8, 4) is 0 Å². The third kappa shape index (κ3) is 3.23. The molecular formula is C13H23ClN2O. The first-order chi connectivity index (χ1) is 7.77. The number of rotatable bonds is 4. The molecule has 1 aliphatic carbocycles. The van der Waals surface area contributed by atoms with Gasteiger partial charge in [0, 0.05) is 18.5 Å². The van der Waals surface area contributed by atoms with Crippen LogP contribution in [0.1, 0.15) is 39.0 Å². The van der Waals surface area contributed by atoms with Gasteiger partial charge in [-0.25, -0.2) is 0 Å². The summed E-state index contributed by atoms with van der Waals surface area (Å²) in [6.07, 6.45) is 7.63. The van der Waals surface area contributed by atoms with Gasteiger partial charge in [-0.05, 0) is 32.2 Å². The van der Waals surface area contributed by atoms with Crippen LogP contribution in [0, 0.1) is 5.41 Å². The summed E-state index contributed by atoms with van der Waals surface area (Å²) >= 11 is 0. The number of hydrogen-bond acceptors (Lipinski definition) is 2. The van der Waals surface area contributed by atoms with Gasteiger partial charge in [0.2, 0.25) is 5.91 Å². The van der Waals surface area contributed by atoms with Crippen LogP contribution in [0.25, 0.3) is 0 Å². The van der Waals surface area contributed by atoms with Crippen LogP contribution < -0.4 is 10.6 Å². The Morgan fingerprint density at radius 1 is 1.53 bits per heavy atom. The number of amides is 1. The average molecular weight is 259 g/mol. The van der Waals surface area contributed by atoms with Crippen molar-refractivity contribution in [3.63, 3.8) is 0 Å². The number of carbonyl (C=O) groups excluding carboxylic acids is 1. The molecule has 1 fully saturated rings. The molecule has 1 saturated carbocycles. The third-order valence-corrected chi connectivity index (χ3v) is 4.10. The van der Waals surface area contributed by atoms with Crippen LogP contribution in [-0.2, 0) is 4.79 Å². The van der Waals surface area contributed by atoms with Gasteiger partial charge in [-0.3, -0.25) is 4.79 Å². The van der Waals surface area contributed by atoms with E-state index in [1.807, 2.05) is 0 Å². The molecule has 0 saturated heterocycles. The molecular weight excluding hydrogens is 236 g/mol. The van der Waals surface area contributed by atoms with Gasteiger partial charge in [-0.2, -0.15) is 0 Å². The van der Waals surface area contributed by atoms with E-state index in [9.17, 15) is 4.79 Å². The second-order valence-corrected chi connectivity index (χ2v) is 4.99. The summed E-state index contributed by atoms with van der Waals surface area (Å²) in [6.45, 7) is 4.87. The van der Waals surface area contributed by atoms with E-state index in [-0.39, 0.29) is 23.7 Å². The highest BCUT2D eigenvalue weighted by molar-refractivity contribution is 5.85. The van der Waals surface area contributed by atoms with Crippen molar-refractivity contribution in [2.75, 3.05) is 19.6 Å². The highest BCUT2D eigenvalue weighted by atomic mass is 35.5. The van der Waals surface area contributed by atoms with Gasteiger partial charge in [-0.1, -0.05) is 25.0 Å². The van der Waals surface area contributed by atoms with Crippen LogP contribution in [0.2, 0.25) is 0 Å². The predicted octanol–water partition coefficient (Wildman–Crippen LogP) is 2.02. The standard InChI is InChI=1S/C13H22N2O.ClH/c1-2-13(6-3-7-13)12(16)15-10-11-4-8-14-9-5-11;/h4,14H,2-3,5-10H2,1H3,(H,15,16);1H. The van der Waals surface area contributed by atoms with Gasteiger partial charge in [0.05, 0.1) is 0 Å². The fourth-order valence-electron chi connectivity index (χ4n) is 2.56. The van der Waals surface area contributed by atoms with E-state index < -0.39 is 0 Å². The molecule has 1 amide bonds. The summed E-state index contributed by atoms with van der Waals surface area (Å²) in [5.41, 5.74) is 1.35. The summed E-state index contributed by atoms with van der Waals surface area (Å²) in [4.78, 5) is 12.1. The molecule has 0 atom stereocenters. The Morgan fingerprint density at radius 2 is 2.29 bits per heavy atom. The lowest BCUT2D eigenvalue weighted by atomic mass is 9.66. The van der Waals surface area contributed by atoms with Crippen LogP contribution >= 0.6 is 12.4 Å². The molecule has 4 heteroatoms. The quantitative estimate of drug-likeness (QED) is 0.758. The Balaban J connectivity index is 0.00000144. The highest BCUT2D eigenvalue weighted by Gasteiger charge is 2.41. The molecule has 1 heterocycles. The number of halogens is 1. The Kier molecular flexibility index (Phi) is 5.47. The van der Waals surface area contributed by atoms with Crippen molar-refractivity contribution in [1.29, 1.82) is 0 Å². The van der Waals surface area contributed by atoms with Crippen LogP contribution in [-0.4, -0.2) is 25.5 Å². The molecule has 2 aliphatic rings. The van der Waals surface area contributed by atoms with Gasteiger partial charge in [0.1, 0.15) is 0 Å². The SMILES string of the molecule is CCC1(C(=O)NCC2=CCNCC2)CCC1.Cl. The Morgan fingerprint density at radius 3 is 2.76 bits per heavy atom. The molecule has 0 unspecified atom stereocenters. The van der Waals surface area contributed by atoms with Crippen LogP contribution in [0.3, 0.4) is 0 Å². The monoisotopic (exact) mass is 258 g/mol. The fourth-order valence-corrected chi connectivity index (χ4v) is 2.56. The molecule has 3 nitrogen and oxygen atoms in total. The average Bonchev–Trinajstić information content (AvgIpc) is 2.27. The van der Waals surface area contributed by atoms with E-state index in [4.69, 9.17) is 0 Å². The van der Waals surface area contributed by atoms with Crippen molar-refractivity contribution < 1.29 is 4.79 Å². The minimum absolute atomic E-state index is 0. The molecule has 0 aromatic rings. The minimum atomic E-state index is -0.0204.